The third-order valence-electron chi connectivity index (χ3n) is 9.17. The Labute approximate surface area is 230 Å². The molecule has 1 unspecified atom stereocenters. The van der Waals surface area contributed by atoms with E-state index < -0.39 is 11.3 Å². The Morgan fingerprint density at radius 3 is 2.10 bits per heavy atom. The van der Waals surface area contributed by atoms with Gasteiger partial charge in [0.25, 0.3) is 11.8 Å². The fourth-order valence-electron chi connectivity index (χ4n) is 6.59. The molecule has 4 aliphatic rings. The van der Waals surface area contributed by atoms with E-state index in [2.05, 4.69) is 34.9 Å². The SMILES string of the molecule is COc1ccc2c(c1)NC(c1ccc(C(=O)N3CCN(C(=O)C4(O)CC4)CC3)cc1)(C1CCCCCCC1)N2. The Morgan fingerprint density at radius 2 is 1.46 bits per heavy atom. The Bertz CT molecular complexity index is 1210. The molecule has 1 saturated heterocycles. The largest absolute Gasteiger partial charge is 0.497 e. The first-order valence-electron chi connectivity index (χ1n) is 14.6. The number of fused-ring (bicyclic) bond motifs is 1. The second-order valence-electron chi connectivity index (χ2n) is 11.7. The monoisotopic (exact) mass is 532 g/mol. The van der Waals surface area contributed by atoms with E-state index in [-0.39, 0.29) is 11.8 Å². The zero-order valence-electron chi connectivity index (χ0n) is 22.9. The second-order valence-corrected chi connectivity index (χ2v) is 11.7. The van der Waals surface area contributed by atoms with Crippen molar-refractivity contribution in [1.29, 1.82) is 0 Å². The predicted molar refractivity (Wildman–Crippen MR) is 151 cm³/mol. The van der Waals surface area contributed by atoms with Gasteiger partial charge in [0.05, 0.1) is 18.5 Å². The van der Waals surface area contributed by atoms with Gasteiger partial charge in [0.15, 0.2) is 0 Å². The quantitative estimate of drug-likeness (QED) is 0.523. The van der Waals surface area contributed by atoms with E-state index in [1.54, 1.807) is 12.0 Å². The van der Waals surface area contributed by atoms with Crippen LogP contribution >= 0.6 is 0 Å². The minimum absolute atomic E-state index is 0.0147. The summed E-state index contributed by atoms with van der Waals surface area (Å²) in [5.41, 5.74) is 2.31. The molecule has 208 valence electrons. The van der Waals surface area contributed by atoms with Gasteiger partial charge in [0, 0.05) is 43.7 Å². The highest BCUT2D eigenvalue weighted by atomic mass is 16.5. The average molecular weight is 533 g/mol. The molecule has 2 amide bonds. The van der Waals surface area contributed by atoms with Crippen LogP contribution in [0.1, 0.15) is 73.7 Å². The van der Waals surface area contributed by atoms with Crippen LogP contribution in [0.3, 0.4) is 0 Å². The molecule has 8 nitrogen and oxygen atoms in total. The lowest BCUT2D eigenvalue weighted by Crippen LogP contribution is -2.53. The number of carbonyl (C=O) groups excluding carboxylic acids is 2. The molecular weight excluding hydrogens is 492 g/mol. The number of carbonyl (C=O) groups is 2. The molecule has 0 aromatic heterocycles. The maximum atomic E-state index is 13.4. The van der Waals surface area contributed by atoms with Crippen molar-refractivity contribution in [2.24, 2.45) is 5.92 Å². The third kappa shape index (κ3) is 4.95. The smallest absolute Gasteiger partial charge is 0.254 e. The fraction of sp³-hybridized carbons (Fsp3) is 0.548. The van der Waals surface area contributed by atoms with Crippen molar-refractivity contribution in [2.75, 3.05) is 43.9 Å². The van der Waals surface area contributed by atoms with Gasteiger partial charge in [-0.05, 0) is 55.5 Å². The Kier molecular flexibility index (Phi) is 6.91. The van der Waals surface area contributed by atoms with Crippen molar-refractivity contribution in [3.8, 4) is 5.75 Å². The Morgan fingerprint density at radius 1 is 0.846 bits per heavy atom. The standard InChI is InChI=1S/C31H40N4O4/c1-39-25-13-14-26-27(21-25)33-31(32-26,23-7-5-3-2-4-6-8-23)24-11-9-22(10-12-24)28(36)34-17-19-35(20-18-34)29(37)30(38)15-16-30/h9-14,21,23,32-33,38H,2-8,15-20H2,1H3. The Balaban J connectivity index is 1.20. The summed E-state index contributed by atoms with van der Waals surface area (Å²) in [4.78, 5) is 29.3. The number of methoxy groups -OCH3 is 1. The van der Waals surface area contributed by atoms with Gasteiger partial charge in [-0.3, -0.25) is 9.59 Å². The lowest BCUT2D eigenvalue weighted by atomic mass is 9.78. The van der Waals surface area contributed by atoms with Crippen LogP contribution in [0.2, 0.25) is 0 Å². The van der Waals surface area contributed by atoms with Gasteiger partial charge in [0.2, 0.25) is 0 Å². The van der Waals surface area contributed by atoms with Crippen LogP contribution in [0.15, 0.2) is 42.5 Å². The average Bonchev–Trinajstić information content (AvgIpc) is 3.59. The van der Waals surface area contributed by atoms with Crippen molar-refractivity contribution in [3.05, 3.63) is 53.6 Å². The summed E-state index contributed by atoms with van der Waals surface area (Å²) in [6.45, 7) is 1.89. The minimum atomic E-state index is -1.15. The van der Waals surface area contributed by atoms with E-state index in [1.807, 2.05) is 23.1 Å². The van der Waals surface area contributed by atoms with Gasteiger partial charge in [-0.15, -0.1) is 0 Å². The van der Waals surface area contributed by atoms with E-state index in [4.69, 9.17) is 4.74 Å². The number of piperazine rings is 1. The molecule has 2 aliphatic heterocycles. The van der Waals surface area contributed by atoms with Crippen LogP contribution < -0.4 is 15.4 Å². The molecule has 0 radical (unpaired) electrons. The highest BCUT2D eigenvalue weighted by Crippen LogP contribution is 2.48. The van der Waals surface area contributed by atoms with Crippen molar-refractivity contribution in [2.45, 2.75) is 69.1 Å². The summed E-state index contributed by atoms with van der Waals surface area (Å²) < 4.78 is 5.49. The molecule has 2 aromatic rings. The molecule has 2 heterocycles. The molecule has 6 rings (SSSR count). The lowest BCUT2D eigenvalue weighted by molar-refractivity contribution is -0.143. The van der Waals surface area contributed by atoms with Crippen molar-refractivity contribution in [1.82, 2.24) is 9.80 Å². The van der Waals surface area contributed by atoms with Gasteiger partial charge >= 0.3 is 0 Å². The molecule has 1 atom stereocenters. The molecule has 0 spiro atoms. The zero-order chi connectivity index (χ0) is 27.0. The lowest BCUT2D eigenvalue weighted by Gasteiger charge is -2.40. The van der Waals surface area contributed by atoms with E-state index >= 15 is 0 Å². The van der Waals surface area contributed by atoms with Crippen molar-refractivity contribution >= 4 is 23.2 Å². The first-order chi connectivity index (χ1) is 18.9. The fourth-order valence-corrected chi connectivity index (χ4v) is 6.59. The predicted octanol–water partition coefficient (Wildman–Crippen LogP) is 4.56. The molecule has 3 fully saturated rings. The number of ether oxygens (including phenoxy) is 1. The summed E-state index contributed by atoms with van der Waals surface area (Å²) in [5.74, 6) is 1.03. The van der Waals surface area contributed by atoms with Gasteiger partial charge in [-0.25, -0.2) is 0 Å². The summed E-state index contributed by atoms with van der Waals surface area (Å²) in [5, 5.41) is 17.9. The van der Waals surface area contributed by atoms with Crippen LogP contribution in [0.4, 0.5) is 11.4 Å². The van der Waals surface area contributed by atoms with E-state index in [0.29, 0.717) is 50.5 Å². The number of hydrogen-bond donors (Lipinski definition) is 3. The van der Waals surface area contributed by atoms with Crippen LogP contribution in [0.25, 0.3) is 0 Å². The molecule has 39 heavy (non-hydrogen) atoms. The van der Waals surface area contributed by atoms with Crippen molar-refractivity contribution in [3.63, 3.8) is 0 Å². The number of rotatable bonds is 5. The topological polar surface area (TPSA) is 94.1 Å². The zero-order valence-corrected chi connectivity index (χ0v) is 22.9. The second kappa shape index (κ2) is 10.4. The number of benzene rings is 2. The normalized spacial score (nSPS) is 24.6. The maximum Gasteiger partial charge on any atom is 0.254 e. The molecular formula is C31H40N4O4. The number of hydrogen-bond acceptors (Lipinski definition) is 6. The Hall–Kier alpha value is -3.26. The molecule has 8 heteroatoms. The number of aliphatic hydroxyl groups is 1. The highest BCUT2D eigenvalue weighted by Gasteiger charge is 2.50. The number of nitrogens with one attached hydrogen (secondary N) is 2. The van der Waals surface area contributed by atoms with Crippen LogP contribution in [-0.4, -0.2) is 65.6 Å². The van der Waals surface area contributed by atoms with E-state index in [0.717, 1.165) is 35.5 Å². The molecule has 2 saturated carbocycles. The van der Waals surface area contributed by atoms with Crippen LogP contribution in [-0.2, 0) is 10.5 Å². The van der Waals surface area contributed by atoms with Gasteiger partial charge in [0.1, 0.15) is 17.0 Å². The first kappa shape index (κ1) is 26.0. The minimum Gasteiger partial charge on any atom is -0.497 e. The summed E-state index contributed by atoms with van der Waals surface area (Å²) in [6, 6.07) is 14.2. The van der Waals surface area contributed by atoms with Crippen LogP contribution in [0, 0.1) is 5.92 Å². The third-order valence-corrected chi connectivity index (χ3v) is 9.17. The summed E-state index contributed by atoms with van der Waals surface area (Å²) >= 11 is 0. The van der Waals surface area contributed by atoms with Crippen molar-refractivity contribution < 1.29 is 19.4 Å². The number of anilines is 2. The number of amides is 2. The van der Waals surface area contributed by atoms with Crippen LogP contribution in [0.5, 0.6) is 5.75 Å². The molecule has 2 aliphatic carbocycles. The maximum absolute atomic E-state index is 13.4. The van der Waals surface area contributed by atoms with E-state index in [9.17, 15) is 14.7 Å². The molecule has 2 aromatic carbocycles. The summed E-state index contributed by atoms with van der Waals surface area (Å²) in [7, 11) is 1.69. The summed E-state index contributed by atoms with van der Waals surface area (Å²) in [6.07, 6.45) is 9.68. The first-order valence-corrected chi connectivity index (χ1v) is 14.6. The molecule has 3 N–H and O–H groups in total. The van der Waals surface area contributed by atoms with Gasteiger partial charge in [-0.1, -0.05) is 44.2 Å². The van der Waals surface area contributed by atoms with E-state index in [1.165, 1.54) is 32.1 Å². The van der Waals surface area contributed by atoms with Gasteiger partial charge in [-0.2, -0.15) is 0 Å². The highest BCUT2D eigenvalue weighted by molar-refractivity contribution is 5.95. The number of nitrogens with zero attached hydrogens (tertiary/aromatic N) is 2. The van der Waals surface area contributed by atoms with Gasteiger partial charge < -0.3 is 30.3 Å². The molecule has 0 bridgehead atoms.